The quantitative estimate of drug-likeness (QED) is 0.608. The summed E-state index contributed by atoms with van der Waals surface area (Å²) in [4.78, 5) is 27.0. The molecule has 6 heteroatoms. The van der Waals surface area contributed by atoms with E-state index in [1.165, 1.54) is 6.20 Å². The first kappa shape index (κ1) is 11.5. The SMILES string of the molecule is O=C(NNC(=O)C1CCCN1)c1ccccn1. The van der Waals surface area contributed by atoms with E-state index in [1.54, 1.807) is 18.2 Å². The van der Waals surface area contributed by atoms with E-state index < -0.39 is 5.91 Å². The topological polar surface area (TPSA) is 83.1 Å². The molecule has 1 aliphatic rings. The van der Waals surface area contributed by atoms with Crippen molar-refractivity contribution in [1.29, 1.82) is 0 Å². The third-order valence-electron chi connectivity index (χ3n) is 2.57. The van der Waals surface area contributed by atoms with Crippen LogP contribution in [0.15, 0.2) is 24.4 Å². The number of pyridine rings is 1. The molecular formula is C11H14N4O2. The summed E-state index contributed by atoms with van der Waals surface area (Å²) in [6.45, 7) is 0.840. The minimum atomic E-state index is -0.419. The molecule has 2 amide bonds. The Morgan fingerprint density at radius 2 is 2.24 bits per heavy atom. The summed E-state index contributed by atoms with van der Waals surface area (Å²) in [6.07, 6.45) is 3.30. The second-order valence-electron chi connectivity index (χ2n) is 3.81. The van der Waals surface area contributed by atoms with E-state index in [2.05, 4.69) is 21.2 Å². The van der Waals surface area contributed by atoms with Crippen molar-refractivity contribution in [3.05, 3.63) is 30.1 Å². The van der Waals surface area contributed by atoms with Crippen molar-refractivity contribution in [2.45, 2.75) is 18.9 Å². The Kier molecular flexibility index (Phi) is 3.66. The molecule has 90 valence electrons. The van der Waals surface area contributed by atoms with Gasteiger partial charge >= 0.3 is 0 Å². The summed E-state index contributed by atoms with van der Waals surface area (Å²) in [5, 5.41) is 3.04. The summed E-state index contributed by atoms with van der Waals surface area (Å²) in [7, 11) is 0. The normalized spacial score (nSPS) is 18.7. The number of nitrogens with one attached hydrogen (secondary N) is 3. The molecule has 0 spiro atoms. The molecule has 1 saturated heterocycles. The maximum absolute atomic E-state index is 11.6. The van der Waals surface area contributed by atoms with Crippen LogP contribution in [0.25, 0.3) is 0 Å². The van der Waals surface area contributed by atoms with Crippen molar-refractivity contribution >= 4 is 11.8 Å². The van der Waals surface area contributed by atoms with Crippen LogP contribution in [0.5, 0.6) is 0 Å². The fourth-order valence-corrected chi connectivity index (χ4v) is 1.67. The van der Waals surface area contributed by atoms with Gasteiger partial charge in [-0.05, 0) is 31.5 Å². The second kappa shape index (κ2) is 5.40. The number of nitrogens with zero attached hydrogens (tertiary/aromatic N) is 1. The van der Waals surface area contributed by atoms with Gasteiger partial charge in [0.2, 0.25) is 0 Å². The first-order chi connectivity index (χ1) is 8.27. The second-order valence-corrected chi connectivity index (χ2v) is 3.81. The lowest BCUT2D eigenvalue weighted by molar-refractivity contribution is -0.123. The highest BCUT2D eigenvalue weighted by Crippen LogP contribution is 2.03. The molecule has 17 heavy (non-hydrogen) atoms. The van der Waals surface area contributed by atoms with E-state index in [-0.39, 0.29) is 17.6 Å². The van der Waals surface area contributed by atoms with Crippen LogP contribution >= 0.6 is 0 Å². The average Bonchev–Trinajstić information content (AvgIpc) is 2.90. The number of rotatable bonds is 2. The third kappa shape index (κ3) is 3.01. The molecule has 1 aliphatic heterocycles. The maximum atomic E-state index is 11.6. The number of hydrazine groups is 1. The van der Waals surface area contributed by atoms with E-state index in [0.29, 0.717) is 0 Å². The Morgan fingerprint density at radius 1 is 1.35 bits per heavy atom. The number of carbonyl (C=O) groups excluding carboxylic acids is 2. The van der Waals surface area contributed by atoms with Crippen LogP contribution in [0, 0.1) is 0 Å². The summed E-state index contributed by atoms with van der Waals surface area (Å²) in [5.41, 5.74) is 4.99. The highest BCUT2D eigenvalue weighted by Gasteiger charge is 2.22. The predicted molar refractivity (Wildman–Crippen MR) is 60.9 cm³/mol. The van der Waals surface area contributed by atoms with Gasteiger partial charge in [0.25, 0.3) is 11.8 Å². The molecule has 0 aromatic carbocycles. The lowest BCUT2D eigenvalue weighted by Crippen LogP contribution is -2.49. The van der Waals surface area contributed by atoms with Gasteiger partial charge in [0.05, 0.1) is 6.04 Å². The third-order valence-corrected chi connectivity index (χ3v) is 2.57. The van der Waals surface area contributed by atoms with Gasteiger partial charge in [0.1, 0.15) is 5.69 Å². The zero-order chi connectivity index (χ0) is 12.1. The lowest BCUT2D eigenvalue weighted by Gasteiger charge is -2.11. The van der Waals surface area contributed by atoms with E-state index in [0.717, 1.165) is 19.4 Å². The van der Waals surface area contributed by atoms with Crippen LogP contribution in [0.2, 0.25) is 0 Å². The number of aromatic nitrogens is 1. The molecule has 0 bridgehead atoms. The molecule has 0 aliphatic carbocycles. The Bertz CT molecular complexity index is 401. The molecule has 1 aromatic rings. The van der Waals surface area contributed by atoms with Crippen LogP contribution in [-0.2, 0) is 4.79 Å². The van der Waals surface area contributed by atoms with Crippen molar-refractivity contribution < 1.29 is 9.59 Å². The molecule has 1 fully saturated rings. The van der Waals surface area contributed by atoms with Crippen LogP contribution in [0.1, 0.15) is 23.3 Å². The van der Waals surface area contributed by atoms with Gasteiger partial charge in [-0.3, -0.25) is 25.4 Å². The fourth-order valence-electron chi connectivity index (χ4n) is 1.67. The molecule has 0 saturated carbocycles. The minimum Gasteiger partial charge on any atom is -0.306 e. The number of hydrogen-bond donors (Lipinski definition) is 3. The lowest BCUT2D eigenvalue weighted by atomic mass is 10.2. The molecule has 1 atom stereocenters. The zero-order valence-electron chi connectivity index (χ0n) is 9.27. The van der Waals surface area contributed by atoms with Crippen molar-refractivity contribution in [1.82, 2.24) is 21.2 Å². The van der Waals surface area contributed by atoms with Crippen LogP contribution in [-0.4, -0.2) is 29.4 Å². The maximum Gasteiger partial charge on any atom is 0.288 e. The van der Waals surface area contributed by atoms with Crippen molar-refractivity contribution in [2.24, 2.45) is 0 Å². The molecule has 1 unspecified atom stereocenters. The Hall–Kier alpha value is -1.95. The first-order valence-corrected chi connectivity index (χ1v) is 5.52. The van der Waals surface area contributed by atoms with Gasteiger partial charge in [-0.1, -0.05) is 6.07 Å². The molecular weight excluding hydrogens is 220 g/mol. The van der Waals surface area contributed by atoms with Crippen LogP contribution in [0.4, 0.5) is 0 Å². The van der Waals surface area contributed by atoms with Gasteiger partial charge in [-0.25, -0.2) is 0 Å². The van der Waals surface area contributed by atoms with Gasteiger partial charge < -0.3 is 5.32 Å². The molecule has 3 N–H and O–H groups in total. The van der Waals surface area contributed by atoms with Gasteiger partial charge in [0, 0.05) is 6.20 Å². The van der Waals surface area contributed by atoms with Crippen molar-refractivity contribution in [3.8, 4) is 0 Å². The first-order valence-electron chi connectivity index (χ1n) is 5.52. The smallest absolute Gasteiger partial charge is 0.288 e. The number of amides is 2. The fraction of sp³-hybridized carbons (Fsp3) is 0.364. The number of hydrogen-bond acceptors (Lipinski definition) is 4. The Balaban J connectivity index is 1.82. The zero-order valence-corrected chi connectivity index (χ0v) is 9.27. The highest BCUT2D eigenvalue weighted by molar-refractivity contribution is 5.94. The molecule has 6 nitrogen and oxygen atoms in total. The van der Waals surface area contributed by atoms with Gasteiger partial charge in [0.15, 0.2) is 0 Å². The van der Waals surface area contributed by atoms with E-state index >= 15 is 0 Å². The largest absolute Gasteiger partial charge is 0.306 e. The van der Waals surface area contributed by atoms with E-state index in [4.69, 9.17) is 0 Å². The van der Waals surface area contributed by atoms with Gasteiger partial charge in [-0.2, -0.15) is 0 Å². The Labute approximate surface area is 98.8 Å². The summed E-state index contributed by atoms with van der Waals surface area (Å²) in [6, 6.07) is 4.80. The predicted octanol–water partition coefficient (Wildman–Crippen LogP) is -0.405. The van der Waals surface area contributed by atoms with Crippen molar-refractivity contribution in [3.63, 3.8) is 0 Å². The number of carbonyl (C=O) groups is 2. The summed E-state index contributed by atoms with van der Waals surface area (Å²) >= 11 is 0. The molecule has 0 radical (unpaired) electrons. The summed E-state index contributed by atoms with van der Waals surface area (Å²) in [5.74, 6) is -0.635. The van der Waals surface area contributed by atoms with E-state index in [1.807, 2.05) is 0 Å². The standard InChI is InChI=1S/C11H14N4O2/c16-10(8-4-1-2-6-12-8)14-15-11(17)9-5-3-7-13-9/h1-2,4,6,9,13H,3,5,7H2,(H,14,16)(H,15,17). The van der Waals surface area contributed by atoms with Gasteiger partial charge in [-0.15, -0.1) is 0 Å². The monoisotopic (exact) mass is 234 g/mol. The molecule has 1 aromatic heterocycles. The average molecular weight is 234 g/mol. The van der Waals surface area contributed by atoms with Crippen LogP contribution < -0.4 is 16.2 Å². The Morgan fingerprint density at radius 3 is 2.88 bits per heavy atom. The van der Waals surface area contributed by atoms with Crippen LogP contribution in [0.3, 0.4) is 0 Å². The molecule has 2 heterocycles. The van der Waals surface area contributed by atoms with Crippen molar-refractivity contribution in [2.75, 3.05) is 6.54 Å². The molecule has 2 rings (SSSR count). The minimum absolute atomic E-state index is 0.209. The van der Waals surface area contributed by atoms with E-state index in [9.17, 15) is 9.59 Å². The summed E-state index contributed by atoms with van der Waals surface area (Å²) < 4.78 is 0. The highest BCUT2D eigenvalue weighted by atomic mass is 16.2.